The number of carbonyl (C=O) groups is 5. The van der Waals surface area contributed by atoms with Crippen LogP contribution in [0, 0.1) is 5.92 Å². The van der Waals surface area contributed by atoms with Crippen molar-refractivity contribution in [3.05, 3.63) is 35.9 Å². The van der Waals surface area contributed by atoms with E-state index in [2.05, 4.69) is 25.2 Å². The SMILES string of the molecule is C.C=O.CC(O)P.CNC(C=O)CC1CCNC1=O.NCc1ccccc1.O=CCNC=O. The van der Waals surface area contributed by atoms with E-state index in [1.54, 1.807) is 14.0 Å². The fourth-order valence-corrected chi connectivity index (χ4v) is 2.13. The Morgan fingerprint density at radius 2 is 1.82 bits per heavy atom. The van der Waals surface area contributed by atoms with E-state index < -0.39 is 0 Å². The number of benzene rings is 1. The molecule has 4 unspecified atom stereocenters. The van der Waals surface area contributed by atoms with Crippen LogP contribution in [0.15, 0.2) is 30.3 Å². The van der Waals surface area contributed by atoms with Gasteiger partial charge in [0.2, 0.25) is 12.3 Å². The summed E-state index contributed by atoms with van der Waals surface area (Å²) in [5.74, 6) is -0.148. The summed E-state index contributed by atoms with van der Waals surface area (Å²) in [4.78, 5) is 48.2. The van der Waals surface area contributed by atoms with Crippen LogP contribution in [0.2, 0.25) is 0 Å². The van der Waals surface area contributed by atoms with Crippen LogP contribution in [-0.4, -0.2) is 68.8 Å². The van der Waals surface area contributed by atoms with Gasteiger partial charge in [-0.05, 0) is 32.4 Å². The van der Waals surface area contributed by atoms with Crippen LogP contribution < -0.4 is 21.7 Å². The number of nitrogens with two attached hydrogens (primary N) is 1. The zero-order valence-corrected chi connectivity index (χ0v) is 19.9. The Bertz CT molecular complexity index is 583. The lowest BCUT2D eigenvalue weighted by atomic mass is 9.99. The monoisotopic (exact) mass is 488 g/mol. The summed E-state index contributed by atoms with van der Waals surface area (Å²) in [6, 6.07) is 9.81. The van der Waals surface area contributed by atoms with E-state index in [9.17, 15) is 19.2 Å². The van der Waals surface area contributed by atoms with Gasteiger partial charge in [0.25, 0.3) is 0 Å². The summed E-state index contributed by atoms with van der Waals surface area (Å²) >= 11 is 0. The normalized spacial score (nSPS) is 14.6. The van der Waals surface area contributed by atoms with Gasteiger partial charge >= 0.3 is 0 Å². The summed E-state index contributed by atoms with van der Waals surface area (Å²) in [7, 11) is 3.94. The Kier molecular flexibility index (Phi) is 33.7. The van der Waals surface area contributed by atoms with Crippen molar-refractivity contribution < 1.29 is 29.1 Å². The average Bonchev–Trinajstić information content (AvgIpc) is 3.22. The van der Waals surface area contributed by atoms with Crippen LogP contribution in [0.5, 0.6) is 0 Å². The summed E-state index contributed by atoms with van der Waals surface area (Å²) in [5, 5.41) is 15.8. The highest BCUT2D eigenvalue weighted by atomic mass is 31.0. The highest BCUT2D eigenvalue weighted by Gasteiger charge is 2.26. The number of likely N-dealkylation sites (N-methyl/N-ethyl adjacent to an activating group) is 1. The van der Waals surface area contributed by atoms with Crippen molar-refractivity contribution in [2.75, 3.05) is 20.1 Å². The number of aldehydes is 2. The number of rotatable bonds is 8. The lowest BCUT2D eigenvalue weighted by molar-refractivity contribution is -0.123. The summed E-state index contributed by atoms with van der Waals surface area (Å²) in [6.45, 7) is 5.19. The van der Waals surface area contributed by atoms with Crippen molar-refractivity contribution in [2.45, 2.75) is 45.6 Å². The molecule has 10 nitrogen and oxygen atoms in total. The molecule has 2 rings (SSSR count). The molecule has 1 aliphatic heterocycles. The Balaban J connectivity index is -0.000000176. The first kappa shape index (κ1) is 37.8. The van der Waals surface area contributed by atoms with Gasteiger partial charge in [-0.2, -0.15) is 0 Å². The maximum atomic E-state index is 11.1. The lowest BCUT2D eigenvalue weighted by Crippen LogP contribution is -2.31. The molecule has 1 heterocycles. The molecule has 0 bridgehead atoms. The second-order valence-corrected chi connectivity index (χ2v) is 7.13. The Labute approximate surface area is 199 Å². The number of aliphatic hydroxyl groups is 1. The molecule has 33 heavy (non-hydrogen) atoms. The maximum absolute atomic E-state index is 11.1. The second-order valence-electron chi connectivity index (χ2n) is 6.17. The van der Waals surface area contributed by atoms with E-state index in [-0.39, 0.29) is 37.7 Å². The topological polar surface area (TPSA) is 168 Å². The molecule has 6 N–H and O–H groups in total. The molecule has 190 valence electrons. The van der Waals surface area contributed by atoms with Gasteiger partial charge in [-0.3, -0.25) is 9.59 Å². The van der Waals surface area contributed by atoms with Gasteiger partial charge in [0.1, 0.15) is 19.4 Å². The molecule has 0 radical (unpaired) electrons. The van der Waals surface area contributed by atoms with Crippen molar-refractivity contribution in [3.8, 4) is 0 Å². The third-order valence-electron chi connectivity index (χ3n) is 3.60. The molecule has 1 fully saturated rings. The number of aliphatic hydroxyl groups excluding tert-OH is 1. The molecule has 1 aromatic rings. The number of amides is 2. The van der Waals surface area contributed by atoms with Gasteiger partial charge in [-0.25, -0.2) is 0 Å². The van der Waals surface area contributed by atoms with Crippen LogP contribution in [0.1, 0.15) is 32.8 Å². The molecule has 2 amide bonds. The third-order valence-corrected chi connectivity index (χ3v) is 3.60. The van der Waals surface area contributed by atoms with E-state index in [1.807, 2.05) is 37.1 Å². The molecule has 4 atom stereocenters. The molecule has 0 aliphatic carbocycles. The summed E-state index contributed by atoms with van der Waals surface area (Å²) in [6.07, 6.45) is 3.42. The van der Waals surface area contributed by atoms with Gasteiger partial charge in [0.15, 0.2) is 0 Å². The smallest absolute Gasteiger partial charge is 0.223 e. The zero-order chi connectivity index (χ0) is 25.2. The zero-order valence-electron chi connectivity index (χ0n) is 18.7. The van der Waals surface area contributed by atoms with Gasteiger partial charge < -0.3 is 41.2 Å². The van der Waals surface area contributed by atoms with Crippen LogP contribution in [0.4, 0.5) is 0 Å². The lowest BCUT2D eigenvalue weighted by Gasteiger charge is -2.11. The van der Waals surface area contributed by atoms with E-state index in [0.29, 0.717) is 25.7 Å². The minimum Gasteiger partial charge on any atom is -0.389 e. The first-order valence-electron chi connectivity index (χ1n) is 9.83. The fourth-order valence-electron chi connectivity index (χ4n) is 2.13. The number of hydrogen-bond donors (Lipinski definition) is 5. The second kappa shape index (κ2) is 29.5. The first-order chi connectivity index (χ1) is 15.4. The van der Waals surface area contributed by atoms with Gasteiger partial charge in [-0.1, -0.05) is 37.8 Å². The van der Waals surface area contributed by atoms with Gasteiger partial charge in [-0.15, -0.1) is 9.24 Å². The molecular formula is C22H41N4O6P. The van der Waals surface area contributed by atoms with Crippen molar-refractivity contribution >= 4 is 40.9 Å². The van der Waals surface area contributed by atoms with Crippen molar-refractivity contribution in [2.24, 2.45) is 11.7 Å². The summed E-state index contributed by atoms with van der Waals surface area (Å²) in [5.41, 5.74) is 6.54. The van der Waals surface area contributed by atoms with Crippen LogP contribution in [-0.2, 0) is 30.5 Å². The number of hydrogen-bond acceptors (Lipinski definition) is 8. The van der Waals surface area contributed by atoms with Gasteiger partial charge in [0.05, 0.1) is 18.4 Å². The predicted molar refractivity (Wildman–Crippen MR) is 134 cm³/mol. The fraction of sp³-hybridized carbons (Fsp3) is 0.500. The summed E-state index contributed by atoms with van der Waals surface area (Å²) < 4.78 is 0. The number of carbonyl (C=O) groups excluding carboxylic acids is 5. The average molecular weight is 489 g/mol. The highest BCUT2D eigenvalue weighted by Crippen LogP contribution is 2.14. The Morgan fingerprint density at radius 1 is 1.27 bits per heavy atom. The van der Waals surface area contributed by atoms with E-state index in [0.717, 1.165) is 19.3 Å². The Morgan fingerprint density at radius 3 is 2.09 bits per heavy atom. The van der Waals surface area contributed by atoms with E-state index >= 15 is 0 Å². The maximum Gasteiger partial charge on any atom is 0.223 e. The van der Waals surface area contributed by atoms with Crippen molar-refractivity contribution in [1.82, 2.24) is 16.0 Å². The molecule has 1 aromatic carbocycles. The van der Waals surface area contributed by atoms with Crippen molar-refractivity contribution in [3.63, 3.8) is 0 Å². The van der Waals surface area contributed by atoms with Crippen molar-refractivity contribution in [1.29, 1.82) is 0 Å². The van der Waals surface area contributed by atoms with Crippen LogP contribution in [0.3, 0.4) is 0 Å². The standard InChI is InChI=1S/C8H14N2O2.C7H9N.C3H5NO2.C2H7OP.CH2O.CH4/c1-9-7(5-11)4-6-2-3-10-8(6)12;8-6-7-4-2-1-3-5-7;5-2-1-4-3-6;1-2(3)4;1-2;/h5-7,9H,2-4H2,1H3,(H,10,12);1-5H,6,8H2;2-3H,1H2,(H,4,6);2-3H,4H2,1H3;1H2;1H4. The highest BCUT2D eigenvalue weighted by molar-refractivity contribution is 7.17. The van der Waals surface area contributed by atoms with Crippen LogP contribution in [0.25, 0.3) is 0 Å². The molecule has 0 spiro atoms. The molecule has 11 heteroatoms. The molecule has 1 saturated heterocycles. The molecular weight excluding hydrogens is 447 g/mol. The third kappa shape index (κ3) is 27.4. The first-order valence-corrected chi connectivity index (χ1v) is 10.5. The largest absolute Gasteiger partial charge is 0.389 e. The molecule has 1 aliphatic rings. The molecule has 0 saturated carbocycles. The van der Waals surface area contributed by atoms with Crippen LogP contribution >= 0.6 is 9.24 Å². The Hall–Kier alpha value is -2.52. The van der Waals surface area contributed by atoms with E-state index in [1.165, 1.54) is 5.56 Å². The number of nitrogens with one attached hydrogen (secondary N) is 3. The predicted octanol–water partition coefficient (Wildman–Crippen LogP) is 0.0271. The minimum atomic E-state index is -0.250. The quantitative estimate of drug-likeness (QED) is 0.194. The minimum absolute atomic E-state index is 0. The molecule has 0 aromatic heterocycles. The van der Waals surface area contributed by atoms with E-state index in [4.69, 9.17) is 15.6 Å². The van der Waals surface area contributed by atoms with Gasteiger partial charge in [0, 0.05) is 19.0 Å².